The SMILES string of the molecule is Cc1ccc(-c2cccc(NC(N)=S)c2)cc1C. The second-order valence-corrected chi connectivity index (χ2v) is 4.81. The maximum atomic E-state index is 5.48. The van der Waals surface area contributed by atoms with E-state index < -0.39 is 0 Å². The van der Waals surface area contributed by atoms with Crippen LogP contribution in [-0.4, -0.2) is 5.11 Å². The Hall–Kier alpha value is -1.87. The van der Waals surface area contributed by atoms with Crippen molar-refractivity contribution in [2.75, 3.05) is 5.32 Å². The fraction of sp³-hybridized carbons (Fsp3) is 0.133. The molecule has 2 aromatic carbocycles. The van der Waals surface area contributed by atoms with Crippen LogP contribution in [0.4, 0.5) is 5.69 Å². The molecule has 0 fully saturated rings. The molecule has 18 heavy (non-hydrogen) atoms. The number of hydrogen-bond acceptors (Lipinski definition) is 1. The number of aryl methyl sites for hydroxylation is 2. The normalized spacial score (nSPS) is 10.1. The first-order valence-electron chi connectivity index (χ1n) is 5.80. The standard InChI is InChI=1S/C15H16N2S/c1-10-6-7-13(8-11(10)2)12-4-3-5-14(9-12)17-15(16)18/h3-9H,1-2H3,(H3,16,17,18). The van der Waals surface area contributed by atoms with Gasteiger partial charge in [-0.1, -0.05) is 30.3 Å². The monoisotopic (exact) mass is 256 g/mol. The molecule has 0 bridgehead atoms. The van der Waals surface area contributed by atoms with E-state index in [1.165, 1.54) is 16.7 Å². The van der Waals surface area contributed by atoms with Gasteiger partial charge in [0.25, 0.3) is 0 Å². The number of hydrogen-bond donors (Lipinski definition) is 2. The molecule has 2 rings (SSSR count). The third-order valence-electron chi connectivity index (χ3n) is 2.97. The zero-order valence-corrected chi connectivity index (χ0v) is 11.3. The van der Waals surface area contributed by atoms with Gasteiger partial charge < -0.3 is 11.1 Å². The molecule has 0 radical (unpaired) electrons. The molecule has 0 spiro atoms. The lowest BCUT2D eigenvalue weighted by Gasteiger charge is -2.08. The van der Waals surface area contributed by atoms with E-state index in [-0.39, 0.29) is 5.11 Å². The average Bonchev–Trinajstić information content (AvgIpc) is 2.32. The van der Waals surface area contributed by atoms with Crippen LogP contribution in [0.25, 0.3) is 11.1 Å². The fourth-order valence-electron chi connectivity index (χ4n) is 1.84. The van der Waals surface area contributed by atoms with Crippen LogP contribution in [0.15, 0.2) is 42.5 Å². The van der Waals surface area contributed by atoms with Crippen LogP contribution in [0.3, 0.4) is 0 Å². The smallest absolute Gasteiger partial charge is 0.168 e. The van der Waals surface area contributed by atoms with Crippen LogP contribution in [0.5, 0.6) is 0 Å². The molecular formula is C15H16N2S. The van der Waals surface area contributed by atoms with Crippen molar-refractivity contribution in [1.82, 2.24) is 0 Å². The summed E-state index contributed by atoms with van der Waals surface area (Å²) in [5.74, 6) is 0. The summed E-state index contributed by atoms with van der Waals surface area (Å²) in [5, 5.41) is 3.23. The summed E-state index contributed by atoms with van der Waals surface area (Å²) in [6.45, 7) is 4.24. The molecule has 92 valence electrons. The number of thiocarbonyl (C=S) groups is 1. The molecule has 0 saturated carbocycles. The highest BCUT2D eigenvalue weighted by molar-refractivity contribution is 7.80. The first-order chi connectivity index (χ1) is 8.56. The molecule has 0 aliphatic rings. The number of rotatable bonds is 2. The molecule has 0 aliphatic carbocycles. The highest BCUT2D eigenvalue weighted by atomic mass is 32.1. The van der Waals surface area contributed by atoms with Crippen molar-refractivity contribution in [1.29, 1.82) is 0 Å². The minimum atomic E-state index is 0.284. The van der Waals surface area contributed by atoms with E-state index in [1.54, 1.807) is 0 Å². The van der Waals surface area contributed by atoms with E-state index in [1.807, 2.05) is 18.2 Å². The van der Waals surface area contributed by atoms with Gasteiger partial charge in [0, 0.05) is 5.69 Å². The van der Waals surface area contributed by atoms with Crippen LogP contribution in [-0.2, 0) is 0 Å². The molecule has 0 unspecified atom stereocenters. The van der Waals surface area contributed by atoms with Gasteiger partial charge in [0.05, 0.1) is 0 Å². The summed E-state index contributed by atoms with van der Waals surface area (Å²) in [6.07, 6.45) is 0. The molecule has 3 heteroatoms. The third kappa shape index (κ3) is 2.87. The molecule has 0 heterocycles. The van der Waals surface area contributed by atoms with Crippen molar-refractivity contribution < 1.29 is 0 Å². The Morgan fingerprint density at radius 3 is 2.39 bits per heavy atom. The van der Waals surface area contributed by atoms with Crippen LogP contribution < -0.4 is 11.1 Å². The first kappa shape index (κ1) is 12.6. The summed E-state index contributed by atoms with van der Waals surface area (Å²) >= 11 is 4.84. The summed E-state index contributed by atoms with van der Waals surface area (Å²) in [6, 6.07) is 14.5. The van der Waals surface area contributed by atoms with Crippen LogP contribution in [0, 0.1) is 13.8 Å². The largest absolute Gasteiger partial charge is 0.376 e. The van der Waals surface area contributed by atoms with Gasteiger partial charge in [-0.25, -0.2) is 0 Å². The fourth-order valence-corrected chi connectivity index (χ4v) is 1.96. The lowest BCUT2D eigenvalue weighted by molar-refractivity contribution is 1.34. The Labute approximate surface area is 113 Å². The quantitative estimate of drug-likeness (QED) is 0.806. The number of nitrogens with one attached hydrogen (secondary N) is 1. The van der Waals surface area contributed by atoms with Gasteiger partial charge in [-0.05, 0) is 60.5 Å². The first-order valence-corrected chi connectivity index (χ1v) is 6.21. The van der Waals surface area contributed by atoms with E-state index in [0.717, 1.165) is 11.3 Å². The molecule has 0 aromatic heterocycles. The van der Waals surface area contributed by atoms with E-state index in [2.05, 4.69) is 43.4 Å². The molecule has 0 amide bonds. The molecule has 3 N–H and O–H groups in total. The zero-order chi connectivity index (χ0) is 13.1. The molecular weight excluding hydrogens is 240 g/mol. The minimum Gasteiger partial charge on any atom is -0.376 e. The van der Waals surface area contributed by atoms with Crippen LogP contribution in [0.2, 0.25) is 0 Å². The highest BCUT2D eigenvalue weighted by Gasteiger charge is 2.01. The lowest BCUT2D eigenvalue weighted by atomic mass is 10.0. The Bertz CT molecular complexity index is 591. The second kappa shape index (κ2) is 5.19. The summed E-state index contributed by atoms with van der Waals surface area (Å²) in [7, 11) is 0. The van der Waals surface area contributed by atoms with Gasteiger partial charge in [-0.3, -0.25) is 0 Å². The summed E-state index contributed by atoms with van der Waals surface area (Å²) in [5.41, 5.74) is 11.3. The van der Waals surface area contributed by atoms with Gasteiger partial charge in [-0.15, -0.1) is 0 Å². The van der Waals surface area contributed by atoms with Gasteiger partial charge in [0.15, 0.2) is 5.11 Å². The number of benzene rings is 2. The van der Waals surface area contributed by atoms with Crippen molar-refractivity contribution in [3.05, 3.63) is 53.6 Å². The Kier molecular flexibility index (Phi) is 3.63. The van der Waals surface area contributed by atoms with Crippen molar-refractivity contribution in [2.45, 2.75) is 13.8 Å². The van der Waals surface area contributed by atoms with Gasteiger partial charge >= 0.3 is 0 Å². The predicted molar refractivity (Wildman–Crippen MR) is 81.8 cm³/mol. The van der Waals surface area contributed by atoms with Crippen LogP contribution >= 0.6 is 12.2 Å². The van der Waals surface area contributed by atoms with Gasteiger partial charge in [-0.2, -0.15) is 0 Å². The molecule has 2 nitrogen and oxygen atoms in total. The maximum absolute atomic E-state index is 5.48. The summed E-state index contributed by atoms with van der Waals surface area (Å²) < 4.78 is 0. The topological polar surface area (TPSA) is 38.0 Å². The Morgan fingerprint density at radius 2 is 1.72 bits per heavy atom. The number of nitrogens with two attached hydrogens (primary N) is 1. The van der Waals surface area contributed by atoms with E-state index >= 15 is 0 Å². The zero-order valence-electron chi connectivity index (χ0n) is 10.5. The second-order valence-electron chi connectivity index (χ2n) is 4.37. The van der Waals surface area contributed by atoms with Crippen molar-refractivity contribution in [3.63, 3.8) is 0 Å². The third-order valence-corrected chi connectivity index (χ3v) is 3.07. The van der Waals surface area contributed by atoms with Crippen molar-refractivity contribution >= 4 is 23.0 Å². The molecule has 0 saturated heterocycles. The van der Waals surface area contributed by atoms with E-state index in [4.69, 9.17) is 18.0 Å². The molecule has 0 aliphatic heterocycles. The summed E-state index contributed by atoms with van der Waals surface area (Å²) in [4.78, 5) is 0. The average molecular weight is 256 g/mol. The van der Waals surface area contributed by atoms with Gasteiger partial charge in [0.1, 0.15) is 0 Å². The Balaban J connectivity index is 2.38. The van der Waals surface area contributed by atoms with Crippen molar-refractivity contribution in [3.8, 4) is 11.1 Å². The van der Waals surface area contributed by atoms with E-state index in [9.17, 15) is 0 Å². The maximum Gasteiger partial charge on any atom is 0.168 e. The lowest BCUT2D eigenvalue weighted by Crippen LogP contribution is -2.18. The van der Waals surface area contributed by atoms with Gasteiger partial charge in [0.2, 0.25) is 0 Å². The van der Waals surface area contributed by atoms with Crippen LogP contribution in [0.1, 0.15) is 11.1 Å². The molecule has 0 atom stereocenters. The highest BCUT2D eigenvalue weighted by Crippen LogP contribution is 2.24. The number of anilines is 1. The predicted octanol–water partition coefficient (Wildman–Crippen LogP) is 3.63. The van der Waals surface area contributed by atoms with E-state index in [0.29, 0.717) is 0 Å². The molecule has 2 aromatic rings. The minimum absolute atomic E-state index is 0.284. The van der Waals surface area contributed by atoms with Crippen molar-refractivity contribution in [2.24, 2.45) is 5.73 Å². The Morgan fingerprint density at radius 1 is 1.00 bits per heavy atom.